The van der Waals surface area contributed by atoms with Crippen molar-refractivity contribution in [3.05, 3.63) is 74.4 Å². The van der Waals surface area contributed by atoms with Gasteiger partial charge in [-0.25, -0.2) is 9.37 Å². The molecule has 2 aliphatic rings. The first-order chi connectivity index (χ1) is 22.1. The zero-order chi connectivity index (χ0) is 32.5. The molecular formula is C34H38Cl2FN7O2. The monoisotopic (exact) mass is 665 g/mol. The molecule has 0 unspecified atom stereocenters. The Morgan fingerprint density at radius 1 is 1.07 bits per heavy atom. The van der Waals surface area contributed by atoms with Crippen molar-refractivity contribution in [2.45, 2.75) is 58.0 Å². The highest BCUT2D eigenvalue weighted by atomic mass is 35.5. The summed E-state index contributed by atoms with van der Waals surface area (Å²) in [5.41, 5.74) is 3.19. The molecule has 2 fully saturated rings. The summed E-state index contributed by atoms with van der Waals surface area (Å²) in [5, 5.41) is 7.56. The lowest BCUT2D eigenvalue weighted by atomic mass is 9.90. The Morgan fingerprint density at radius 3 is 2.50 bits per heavy atom. The van der Waals surface area contributed by atoms with E-state index in [4.69, 9.17) is 28.2 Å². The van der Waals surface area contributed by atoms with Gasteiger partial charge < -0.3 is 20.4 Å². The summed E-state index contributed by atoms with van der Waals surface area (Å²) >= 11 is 13.2. The predicted molar refractivity (Wildman–Crippen MR) is 183 cm³/mol. The maximum absolute atomic E-state index is 14.6. The van der Waals surface area contributed by atoms with Crippen molar-refractivity contribution in [3.63, 3.8) is 0 Å². The van der Waals surface area contributed by atoms with Gasteiger partial charge in [0.05, 0.1) is 21.3 Å². The van der Waals surface area contributed by atoms with Crippen LogP contribution in [0.25, 0.3) is 22.2 Å². The Morgan fingerprint density at radius 2 is 1.80 bits per heavy atom. The molecule has 2 N–H and O–H groups in total. The zero-order valence-electron chi connectivity index (χ0n) is 26.2. The molecule has 4 aromatic rings. The lowest BCUT2D eigenvalue weighted by Gasteiger charge is -2.34. The molecule has 6 rings (SSSR count). The SMILES string of the molecule is CCC(=O)N[C@H]1CC[C@@H](n2c(=O)c(-c3cccc(F)c3Cl)c(C)c3cnc(Nc4ccc(N5CCN(C)CC5)c(Cl)c4)nc32)CC1. The minimum absolute atomic E-state index is 0.0181. The number of benzene rings is 2. The number of nitrogens with zero attached hydrogens (tertiary/aromatic N) is 5. The number of carbonyl (C=O) groups is 1. The summed E-state index contributed by atoms with van der Waals surface area (Å²) in [6.07, 6.45) is 4.90. The number of nitrogens with one attached hydrogen (secondary N) is 2. The Bertz CT molecular complexity index is 1830. The number of pyridine rings is 1. The number of anilines is 3. The highest BCUT2D eigenvalue weighted by Gasteiger charge is 2.29. The van der Waals surface area contributed by atoms with Gasteiger partial charge in [0.15, 0.2) is 0 Å². The van der Waals surface area contributed by atoms with E-state index in [1.165, 1.54) is 6.07 Å². The molecule has 2 aromatic carbocycles. The Balaban J connectivity index is 1.38. The van der Waals surface area contributed by atoms with Crippen LogP contribution in [0.15, 0.2) is 47.4 Å². The van der Waals surface area contributed by atoms with Gasteiger partial charge in [0.1, 0.15) is 11.5 Å². The molecule has 0 atom stereocenters. The predicted octanol–water partition coefficient (Wildman–Crippen LogP) is 6.72. The van der Waals surface area contributed by atoms with Crippen molar-refractivity contribution >= 4 is 57.5 Å². The number of hydrogen-bond acceptors (Lipinski definition) is 7. The van der Waals surface area contributed by atoms with Crippen molar-refractivity contribution < 1.29 is 9.18 Å². The minimum Gasteiger partial charge on any atom is -0.368 e. The number of likely N-dealkylation sites (N-methyl/N-ethyl adjacent to an activating group) is 1. The minimum atomic E-state index is -0.593. The Kier molecular flexibility index (Phi) is 9.49. The standard InChI is InChI=1S/C34H38Cl2FN7O2/c1-4-29(45)39-21-8-11-23(12-9-21)44-32-25(20(2)30(33(44)46)24-6-5-7-27(37)31(24)36)19-38-34(41-32)40-22-10-13-28(26(35)18-22)43-16-14-42(3)15-17-43/h5-7,10,13,18-19,21,23H,4,8-9,11-12,14-17H2,1-3H3,(H,39,45)(H,38,40,41)/t21-,23+. The largest absolute Gasteiger partial charge is 0.368 e. The number of halogens is 3. The number of carbonyl (C=O) groups excluding carboxylic acids is 1. The van der Waals surface area contributed by atoms with Crippen molar-refractivity contribution in [2.75, 3.05) is 43.4 Å². The molecule has 0 spiro atoms. The zero-order valence-corrected chi connectivity index (χ0v) is 27.8. The van der Waals surface area contributed by atoms with Gasteiger partial charge in [-0.3, -0.25) is 14.2 Å². The van der Waals surface area contributed by atoms with Crippen molar-refractivity contribution in [3.8, 4) is 11.1 Å². The van der Waals surface area contributed by atoms with E-state index in [-0.39, 0.29) is 28.6 Å². The molecule has 9 nitrogen and oxygen atoms in total. The molecule has 12 heteroatoms. The molecular weight excluding hydrogens is 628 g/mol. The maximum atomic E-state index is 14.6. The second-order valence-electron chi connectivity index (χ2n) is 12.2. The molecule has 3 heterocycles. The third-order valence-electron chi connectivity index (χ3n) is 9.23. The molecule has 1 saturated carbocycles. The second-order valence-corrected chi connectivity index (χ2v) is 13.0. The smallest absolute Gasteiger partial charge is 0.260 e. The number of aryl methyl sites for hydroxylation is 1. The molecule has 1 aliphatic carbocycles. The van der Waals surface area contributed by atoms with Crippen LogP contribution < -0.4 is 21.1 Å². The molecule has 242 valence electrons. The van der Waals surface area contributed by atoms with Gasteiger partial charge in [0, 0.05) is 67.5 Å². The normalized spacial score (nSPS) is 19.0. The first kappa shape index (κ1) is 32.2. The Hall–Kier alpha value is -3.73. The fourth-order valence-electron chi connectivity index (χ4n) is 6.57. The van der Waals surface area contributed by atoms with Crippen LogP contribution in [-0.2, 0) is 4.79 Å². The van der Waals surface area contributed by atoms with Gasteiger partial charge in [-0.2, -0.15) is 4.98 Å². The van der Waals surface area contributed by atoms with Crippen LogP contribution in [0.3, 0.4) is 0 Å². The molecule has 1 amide bonds. The number of piperazine rings is 1. The van der Waals surface area contributed by atoms with Gasteiger partial charge in [-0.1, -0.05) is 42.3 Å². The van der Waals surface area contributed by atoms with Crippen LogP contribution >= 0.6 is 23.2 Å². The highest BCUT2D eigenvalue weighted by Crippen LogP contribution is 2.36. The lowest BCUT2D eigenvalue weighted by molar-refractivity contribution is -0.121. The van der Waals surface area contributed by atoms with E-state index in [1.54, 1.807) is 22.9 Å². The quantitative estimate of drug-likeness (QED) is 0.226. The first-order valence-electron chi connectivity index (χ1n) is 15.8. The summed E-state index contributed by atoms with van der Waals surface area (Å²) in [5.74, 6) is -0.252. The topological polar surface area (TPSA) is 95.4 Å². The van der Waals surface area contributed by atoms with Crippen molar-refractivity contribution in [1.29, 1.82) is 0 Å². The van der Waals surface area contributed by atoms with Crippen LogP contribution in [0.4, 0.5) is 21.7 Å². The average Bonchev–Trinajstić information content (AvgIpc) is 3.04. The summed E-state index contributed by atoms with van der Waals surface area (Å²) in [4.78, 5) is 40.5. The number of amides is 1. The average molecular weight is 667 g/mol. The third kappa shape index (κ3) is 6.43. The Labute approximate surface area is 277 Å². The second kappa shape index (κ2) is 13.6. The van der Waals surface area contributed by atoms with Gasteiger partial charge in [-0.15, -0.1) is 0 Å². The number of fused-ring (bicyclic) bond motifs is 1. The molecule has 0 radical (unpaired) electrons. The van der Waals surface area contributed by atoms with E-state index in [9.17, 15) is 14.0 Å². The molecule has 1 saturated heterocycles. The van der Waals surface area contributed by atoms with E-state index in [0.29, 0.717) is 58.0 Å². The van der Waals surface area contributed by atoms with Crippen molar-refractivity contribution in [1.82, 2.24) is 24.8 Å². The van der Waals surface area contributed by atoms with Gasteiger partial charge >= 0.3 is 0 Å². The molecule has 0 bridgehead atoms. The van der Waals surface area contributed by atoms with Crippen LogP contribution in [0.2, 0.25) is 10.0 Å². The fourth-order valence-corrected chi connectivity index (χ4v) is 7.09. The molecule has 1 aliphatic heterocycles. The third-order valence-corrected chi connectivity index (χ3v) is 9.91. The van der Waals surface area contributed by atoms with E-state index >= 15 is 0 Å². The highest BCUT2D eigenvalue weighted by molar-refractivity contribution is 6.34. The van der Waals surface area contributed by atoms with Crippen LogP contribution in [0.1, 0.15) is 50.6 Å². The van der Waals surface area contributed by atoms with Crippen molar-refractivity contribution in [2.24, 2.45) is 0 Å². The fraction of sp³-hybridized carbons (Fsp3) is 0.412. The number of aromatic nitrogens is 3. The van der Waals surface area contributed by atoms with Crippen LogP contribution in [0.5, 0.6) is 0 Å². The van der Waals surface area contributed by atoms with Gasteiger partial charge in [0.2, 0.25) is 11.9 Å². The summed E-state index contributed by atoms with van der Waals surface area (Å²) in [6, 6.07) is 10.2. The number of rotatable bonds is 7. The van der Waals surface area contributed by atoms with E-state index in [2.05, 4.69) is 32.5 Å². The molecule has 2 aromatic heterocycles. The summed E-state index contributed by atoms with van der Waals surface area (Å²) in [6.45, 7) is 7.41. The number of hydrogen-bond donors (Lipinski definition) is 2. The van der Waals surface area contributed by atoms with E-state index in [1.807, 2.05) is 32.0 Å². The summed E-state index contributed by atoms with van der Waals surface area (Å²) < 4.78 is 16.3. The van der Waals surface area contributed by atoms with Gasteiger partial charge in [0.25, 0.3) is 5.56 Å². The maximum Gasteiger partial charge on any atom is 0.260 e. The van der Waals surface area contributed by atoms with E-state index in [0.717, 1.165) is 50.4 Å². The van der Waals surface area contributed by atoms with Crippen LogP contribution in [-0.4, -0.2) is 64.6 Å². The summed E-state index contributed by atoms with van der Waals surface area (Å²) in [7, 11) is 2.12. The molecule has 46 heavy (non-hydrogen) atoms. The van der Waals surface area contributed by atoms with Gasteiger partial charge in [-0.05, 0) is 69.5 Å². The first-order valence-corrected chi connectivity index (χ1v) is 16.6. The lowest BCUT2D eigenvalue weighted by Crippen LogP contribution is -2.44. The van der Waals surface area contributed by atoms with Crippen LogP contribution in [0, 0.1) is 12.7 Å². The van der Waals surface area contributed by atoms with E-state index < -0.39 is 5.82 Å².